The summed E-state index contributed by atoms with van der Waals surface area (Å²) in [5, 5.41) is 12.4. The number of amides is 2. The molecule has 35 heavy (non-hydrogen) atoms. The van der Waals surface area contributed by atoms with E-state index in [1.807, 2.05) is 24.3 Å². The van der Waals surface area contributed by atoms with Crippen LogP contribution >= 0.6 is 15.9 Å². The zero-order valence-corrected chi connectivity index (χ0v) is 22.0. The van der Waals surface area contributed by atoms with Crippen LogP contribution in [0.3, 0.4) is 0 Å². The van der Waals surface area contributed by atoms with Crippen LogP contribution in [0.25, 0.3) is 0 Å². The minimum Gasteiger partial charge on any atom is -0.466 e. The SMILES string of the molecule is CCOC(=O)[C@H]1[C@@H]2O[C@@]3(CC2Br)[C@@H]1C(=O)N(CCCO)[C@@H]3C(=O)Nc1ccc(N(CC)CC)cc1. The number of carbonyl (C=O) groups is 3. The second-order valence-corrected chi connectivity index (χ2v) is 10.4. The zero-order chi connectivity index (χ0) is 25.3. The van der Waals surface area contributed by atoms with Crippen molar-refractivity contribution in [3.8, 4) is 0 Å². The van der Waals surface area contributed by atoms with E-state index in [-0.39, 0.29) is 36.4 Å². The van der Waals surface area contributed by atoms with Crippen molar-refractivity contribution in [3.63, 3.8) is 0 Å². The monoisotopic (exact) mass is 551 g/mol. The number of rotatable bonds is 10. The summed E-state index contributed by atoms with van der Waals surface area (Å²) in [5.41, 5.74) is 0.545. The van der Waals surface area contributed by atoms with Gasteiger partial charge in [0.05, 0.1) is 24.5 Å². The van der Waals surface area contributed by atoms with Crippen molar-refractivity contribution in [2.45, 2.75) is 56.2 Å². The maximum Gasteiger partial charge on any atom is 0.312 e. The molecule has 10 heteroatoms. The fourth-order valence-electron chi connectivity index (χ4n) is 5.97. The Hall–Kier alpha value is -2.17. The van der Waals surface area contributed by atoms with E-state index >= 15 is 0 Å². The molecule has 1 spiro atoms. The molecule has 0 radical (unpaired) electrons. The number of likely N-dealkylation sites (tertiary alicyclic amines) is 1. The van der Waals surface area contributed by atoms with Crippen LogP contribution in [0.4, 0.5) is 11.4 Å². The van der Waals surface area contributed by atoms with Gasteiger partial charge in [-0.1, -0.05) is 15.9 Å². The number of benzene rings is 1. The highest BCUT2D eigenvalue weighted by Gasteiger charge is 2.76. The summed E-state index contributed by atoms with van der Waals surface area (Å²) in [6.07, 6.45) is 0.215. The fraction of sp³-hybridized carbons (Fsp3) is 0.640. The predicted molar refractivity (Wildman–Crippen MR) is 134 cm³/mol. The number of ether oxygens (including phenoxy) is 2. The first-order chi connectivity index (χ1) is 16.8. The van der Waals surface area contributed by atoms with Gasteiger partial charge in [-0.3, -0.25) is 14.4 Å². The average Bonchev–Trinajstić information content (AvgIpc) is 3.43. The number of halogens is 1. The highest BCUT2D eigenvalue weighted by molar-refractivity contribution is 9.09. The van der Waals surface area contributed by atoms with Crippen LogP contribution in [0.15, 0.2) is 24.3 Å². The molecule has 1 unspecified atom stereocenters. The van der Waals surface area contributed by atoms with Gasteiger partial charge < -0.3 is 29.7 Å². The van der Waals surface area contributed by atoms with Crippen LogP contribution in [0.1, 0.15) is 33.6 Å². The smallest absolute Gasteiger partial charge is 0.312 e. The topological polar surface area (TPSA) is 108 Å². The van der Waals surface area contributed by atoms with E-state index in [2.05, 4.69) is 40.0 Å². The van der Waals surface area contributed by atoms with E-state index in [9.17, 15) is 19.5 Å². The first-order valence-corrected chi connectivity index (χ1v) is 13.3. The maximum atomic E-state index is 13.7. The first kappa shape index (κ1) is 25.9. The summed E-state index contributed by atoms with van der Waals surface area (Å²) < 4.78 is 11.6. The van der Waals surface area contributed by atoms with Crippen molar-refractivity contribution in [1.29, 1.82) is 0 Å². The normalized spacial score (nSPS) is 30.9. The molecule has 3 heterocycles. The Balaban J connectivity index is 1.63. The van der Waals surface area contributed by atoms with Gasteiger partial charge in [0.2, 0.25) is 11.8 Å². The quantitative estimate of drug-likeness (QED) is 0.339. The fourth-order valence-corrected chi connectivity index (χ4v) is 6.92. The summed E-state index contributed by atoms with van der Waals surface area (Å²) in [6, 6.07) is 6.68. The molecule has 3 saturated heterocycles. The molecule has 4 rings (SSSR count). The van der Waals surface area contributed by atoms with Crippen LogP contribution in [0.2, 0.25) is 0 Å². The predicted octanol–water partition coefficient (Wildman–Crippen LogP) is 2.16. The highest BCUT2D eigenvalue weighted by Crippen LogP contribution is 2.60. The zero-order valence-electron chi connectivity index (χ0n) is 20.4. The minimum absolute atomic E-state index is 0.117. The highest BCUT2D eigenvalue weighted by atomic mass is 79.9. The molecule has 1 aromatic rings. The molecule has 6 atom stereocenters. The van der Waals surface area contributed by atoms with E-state index in [4.69, 9.17) is 9.47 Å². The number of hydrogen-bond donors (Lipinski definition) is 2. The molecular formula is C25H34BrN3O6. The molecule has 1 aromatic carbocycles. The standard InChI is InChI=1S/C25H34BrN3O6/c1-4-28(5-2)16-10-8-15(9-11-16)27-22(31)21-25-14-17(26)20(35-25)18(24(33)34-6-3)19(25)23(32)29(21)12-7-13-30/h8-11,17-21,30H,4-7,12-14H2,1-3H3,(H,27,31)/t17?,18-,19+,20-,21-,25+/m1/s1. The molecule has 2 amide bonds. The van der Waals surface area contributed by atoms with Crippen molar-refractivity contribution >= 4 is 45.1 Å². The summed E-state index contributed by atoms with van der Waals surface area (Å²) in [5.74, 6) is -2.70. The van der Waals surface area contributed by atoms with Crippen LogP contribution in [-0.4, -0.2) is 83.2 Å². The third kappa shape index (κ3) is 4.34. The van der Waals surface area contributed by atoms with Gasteiger partial charge in [-0.25, -0.2) is 0 Å². The Kier molecular flexibility index (Phi) is 7.73. The molecular weight excluding hydrogens is 518 g/mol. The van der Waals surface area contributed by atoms with Crippen LogP contribution in [-0.2, 0) is 23.9 Å². The molecule has 9 nitrogen and oxygen atoms in total. The number of anilines is 2. The minimum atomic E-state index is -1.13. The van der Waals surface area contributed by atoms with Gasteiger partial charge in [0.1, 0.15) is 11.6 Å². The number of alkyl halides is 1. The Morgan fingerprint density at radius 2 is 1.94 bits per heavy atom. The van der Waals surface area contributed by atoms with Crippen molar-refractivity contribution < 1.29 is 29.0 Å². The average molecular weight is 552 g/mol. The lowest BCUT2D eigenvalue weighted by Gasteiger charge is -2.34. The maximum absolute atomic E-state index is 13.7. The second kappa shape index (κ2) is 10.4. The molecule has 3 aliphatic rings. The van der Waals surface area contributed by atoms with Crippen molar-refractivity contribution in [3.05, 3.63) is 24.3 Å². The Morgan fingerprint density at radius 3 is 2.54 bits per heavy atom. The summed E-state index contributed by atoms with van der Waals surface area (Å²) in [4.78, 5) is 43.7. The van der Waals surface area contributed by atoms with Crippen LogP contribution in [0.5, 0.6) is 0 Å². The Bertz CT molecular complexity index is 955. The van der Waals surface area contributed by atoms with Gasteiger partial charge in [-0.2, -0.15) is 0 Å². The number of nitrogens with one attached hydrogen (secondary N) is 1. The van der Waals surface area contributed by atoms with Crippen molar-refractivity contribution in [2.75, 3.05) is 43.1 Å². The lowest BCUT2D eigenvalue weighted by molar-refractivity contribution is -0.154. The summed E-state index contributed by atoms with van der Waals surface area (Å²) in [7, 11) is 0. The van der Waals surface area contributed by atoms with Gasteiger partial charge in [0.25, 0.3) is 0 Å². The van der Waals surface area contributed by atoms with Crippen LogP contribution in [0, 0.1) is 11.8 Å². The third-order valence-electron chi connectivity index (χ3n) is 7.42. The van der Waals surface area contributed by atoms with E-state index in [1.54, 1.807) is 6.92 Å². The molecule has 3 fully saturated rings. The van der Waals surface area contributed by atoms with Crippen LogP contribution < -0.4 is 10.2 Å². The summed E-state index contributed by atoms with van der Waals surface area (Å²) in [6.45, 7) is 7.93. The van der Waals surface area contributed by atoms with E-state index in [0.29, 0.717) is 18.5 Å². The summed E-state index contributed by atoms with van der Waals surface area (Å²) >= 11 is 3.62. The van der Waals surface area contributed by atoms with Gasteiger partial charge in [0, 0.05) is 42.4 Å². The number of fused-ring (bicyclic) bond motifs is 1. The van der Waals surface area contributed by atoms with E-state index in [1.165, 1.54) is 4.90 Å². The largest absolute Gasteiger partial charge is 0.466 e. The molecule has 3 aliphatic heterocycles. The number of esters is 1. The lowest BCUT2D eigenvalue weighted by Crippen LogP contribution is -2.54. The van der Waals surface area contributed by atoms with E-state index < -0.39 is 35.6 Å². The Labute approximate surface area is 214 Å². The molecule has 0 saturated carbocycles. The number of nitrogens with zero attached hydrogens (tertiary/aromatic N) is 2. The van der Waals surface area contributed by atoms with Crippen molar-refractivity contribution in [2.24, 2.45) is 11.8 Å². The third-order valence-corrected chi connectivity index (χ3v) is 8.26. The number of carbonyl (C=O) groups excluding carboxylic acids is 3. The van der Waals surface area contributed by atoms with Gasteiger partial charge >= 0.3 is 5.97 Å². The molecule has 2 bridgehead atoms. The molecule has 2 N–H and O–H groups in total. The first-order valence-electron chi connectivity index (χ1n) is 12.4. The number of hydrogen-bond acceptors (Lipinski definition) is 7. The molecule has 0 aliphatic carbocycles. The number of aliphatic hydroxyl groups excluding tert-OH is 1. The lowest BCUT2D eigenvalue weighted by atomic mass is 9.70. The Morgan fingerprint density at radius 1 is 1.26 bits per heavy atom. The van der Waals surface area contributed by atoms with Gasteiger partial charge in [-0.05, 0) is 57.9 Å². The molecule has 192 valence electrons. The van der Waals surface area contributed by atoms with Gasteiger partial charge in [0.15, 0.2) is 0 Å². The van der Waals surface area contributed by atoms with Gasteiger partial charge in [-0.15, -0.1) is 0 Å². The second-order valence-electron chi connectivity index (χ2n) is 9.23. The molecule has 0 aromatic heterocycles. The van der Waals surface area contributed by atoms with Crippen molar-refractivity contribution in [1.82, 2.24) is 4.90 Å². The number of aliphatic hydroxyl groups is 1. The van der Waals surface area contributed by atoms with E-state index in [0.717, 1.165) is 18.8 Å².